The highest BCUT2D eigenvalue weighted by molar-refractivity contribution is 7.85. The quantitative estimate of drug-likeness (QED) is 0.228. The third-order valence-corrected chi connectivity index (χ3v) is 9.80. The molecule has 0 unspecified atom stereocenters. The van der Waals surface area contributed by atoms with E-state index in [0.29, 0.717) is 11.6 Å². The molecule has 1 atom stereocenters. The number of aryl methyl sites for hydroxylation is 1. The molecule has 0 bridgehead atoms. The number of nitrogens with zero attached hydrogens (tertiary/aromatic N) is 2. The molecule has 15 heteroatoms. The molecule has 2 aliphatic heterocycles. The number of carbonyl (C=O) groups is 2. The minimum absolute atomic E-state index is 0.0593. The number of carboxylic acids is 1. The van der Waals surface area contributed by atoms with Gasteiger partial charge in [0.2, 0.25) is 0 Å². The number of rotatable bonds is 10. The molecular formula is C35H42Cl2N2O10S. The zero-order valence-electron chi connectivity index (χ0n) is 28.5. The Morgan fingerprint density at radius 3 is 2.26 bits per heavy atom. The van der Waals surface area contributed by atoms with Crippen molar-refractivity contribution in [3.05, 3.63) is 81.3 Å². The van der Waals surface area contributed by atoms with Crippen molar-refractivity contribution < 1.29 is 47.0 Å². The van der Waals surface area contributed by atoms with Gasteiger partial charge in [0.1, 0.15) is 35.6 Å². The molecule has 2 aliphatic rings. The average molecular weight is 754 g/mol. The number of piperidine rings is 1. The normalized spacial score (nSPS) is 16.0. The van der Waals surface area contributed by atoms with Gasteiger partial charge in [0.25, 0.3) is 16.0 Å². The van der Waals surface area contributed by atoms with Gasteiger partial charge < -0.3 is 34.2 Å². The van der Waals surface area contributed by atoms with E-state index < -0.39 is 27.8 Å². The van der Waals surface area contributed by atoms with Gasteiger partial charge in [-0.05, 0) is 62.7 Å². The van der Waals surface area contributed by atoms with Crippen LogP contribution in [0.5, 0.6) is 17.2 Å². The number of ether oxygens (including phenoxy) is 3. The zero-order chi connectivity index (χ0) is 37.0. The molecule has 1 saturated heterocycles. The minimum Gasteiger partial charge on any atom is -0.490 e. The number of benzene rings is 3. The van der Waals surface area contributed by atoms with Gasteiger partial charge in [0.05, 0.1) is 15.5 Å². The highest BCUT2D eigenvalue weighted by atomic mass is 35.5. The number of aliphatic hydroxyl groups excluding tert-OH is 1. The SMILES string of the molecule is CN(C)C(=O)c1cc(Cl)c(OC(C)(C)C(=O)O)cc1OC[C@H](O)CN1CCC2(CC1)Cc1cc(Cl)ccc1O2.Cc1ccc(S(=O)(=O)O)cc1. The number of hydrogen-bond acceptors (Lipinski definition) is 9. The second-order valence-corrected chi connectivity index (χ2v) is 15.4. The summed E-state index contributed by atoms with van der Waals surface area (Å²) in [5.41, 5.74) is 0.463. The summed E-state index contributed by atoms with van der Waals surface area (Å²) < 4.78 is 47.3. The summed E-state index contributed by atoms with van der Waals surface area (Å²) in [7, 11) is -0.831. The summed E-state index contributed by atoms with van der Waals surface area (Å²) in [5, 5.41) is 21.0. The first kappa shape index (κ1) is 39.2. The van der Waals surface area contributed by atoms with E-state index >= 15 is 0 Å². The molecular weight excluding hydrogens is 711 g/mol. The summed E-state index contributed by atoms with van der Waals surface area (Å²) in [6.07, 6.45) is 1.64. The third kappa shape index (κ3) is 10.0. The topological polar surface area (TPSA) is 163 Å². The predicted molar refractivity (Wildman–Crippen MR) is 188 cm³/mol. The molecule has 0 radical (unpaired) electrons. The van der Waals surface area contributed by atoms with E-state index in [4.69, 9.17) is 42.0 Å². The van der Waals surface area contributed by atoms with Crippen molar-refractivity contribution in [3.8, 4) is 17.2 Å². The molecule has 3 aromatic carbocycles. The van der Waals surface area contributed by atoms with Gasteiger partial charge >= 0.3 is 5.97 Å². The first-order valence-electron chi connectivity index (χ1n) is 15.8. The number of halogens is 2. The standard InChI is InChI=1S/C28H34Cl2N2O7.C7H8O3S/c1-27(2,26(35)36)38-24-13-23(20(12-21(24)30)25(34)31(3)4)37-16-19(33)15-32-9-7-28(8-10-32)14-17-11-18(29)5-6-22(17)39-28;1-6-2-4-7(5-3-6)11(8,9)10/h5-6,11-13,19,33H,7-10,14-16H2,1-4H3,(H,35,36);2-5H,1H3,(H,8,9,10)/t19-;/m1./s1. The van der Waals surface area contributed by atoms with E-state index in [9.17, 15) is 28.2 Å². The van der Waals surface area contributed by atoms with Crippen LogP contribution in [0.1, 0.15) is 48.2 Å². The average Bonchev–Trinajstić information content (AvgIpc) is 3.38. The number of aliphatic hydroxyl groups is 1. The van der Waals surface area contributed by atoms with E-state index in [1.165, 1.54) is 43.0 Å². The molecule has 272 valence electrons. The Morgan fingerprint density at radius 1 is 1.04 bits per heavy atom. The van der Waals surface area contributed by atoms with Crippen molar-refractivity contribution >= 4 is 45.2 Å². The van der Waals surface area contributed by atoms with Gasteiger partial charge in [-0.2, -0.15) is 8.42 Å². The van der Waals surface area contributed by atoms with E-state index in [1.807, 2.05) is 25.1 Å². The van der Waals surface area contributed by atoms with Gasteiger partial charge in [-0.15, -0.1) is 0 Å². The number of β-amino-alcohol motifs (C(OH)–C–C–N with tert-alkyl or cyclic N) is 1. The lowest BCUT2D eigenvalue weighted by atomic mass is 9.87. The number of likely N-dealkylation sites (tertiary alicyclic amines) is 1. The number of amides is 1. The zero-order valence-corrected chi connectivity index (χ0v) is 30.8. The fraction of sp³-hybridized carbons (Fsp3) is 0.429. The molecule has 0 saturated carbocycles. The molecule has 50 heavy (non-hydrogen) atoms. The Balaban J connectivity index is 0.000000435. The van der Waals surface area contributed by atoms with Gasteiger partial charge in [0, 0.05) is 64.1 Å². The lowest BCUT2D eigenvalue weighted by Crippen LogP contribution is -2.49. The highest BCUT2D eigenvalue weighted by Gasteiger charge is 2.42. The van der Waals surface area contributed by atoms with E-state index in [-0.39, 0.29) is 45.1 Å². The van der Waals surface area contributed by atoms with Crippen LogP contribution in [0.2, 0.25) is 10.0 Å². The summed E-state index contributed by atoms with van der Waals surface area (Å²) >= 11 is 12.5. The molecule has 3 N–H and O–H groups in total. The van der Waals surface area contributed by atoms with Crippen molar-refractivity contribution in [1.82, 2.24) is 9.80 Å². The maximum Gasteiger partial charge on any atom is 0.347 e. The van der Waals surface area contributed by atoms with Crippen molar-refractivity contribution in [2.24, 2.45) is 0 Å². The molecule has 2 heterocycles. The van der Waals surface area contributed by atoms with Crippen LogP contribution in [-0.2, 0) is 21.3 Å². The number of carboxylic acid groups (broad SMARTS) is 1. The second-order valence-electron chi connectivity index (χ2n) is 13.2. The molecule has 12 nitrogen and oxygen atoms in total. The van der Waals surface area contributed by atoms with Crippen LogP contribution in [0.3, 0.4) is 0 Å². The summed E-state index contributed by atoms with van der Waals surface area (Å²) in [6.45, 7) is 6.44. The Hall–Kier alpha value is -3.59. The Kier molecular flexibility index (Phi) is 12.3. The first-order chi connectivity index (χ1) is 23.3. The third-order valence-electron chi connectivity index (χ3n) is 8.40. The van der Waals surface area contributed by atoms with E-state index in [0.717, 1.165) is 49.2 Å². The molecule has 1 amide bonds. The Morgan fingerprint density at radius 2 is 1.68 bits per heavy atom. The van der Waals surface area contributed by atoms with Crippen LogP contribution in [-0.4, -0.2) is 103 Å². The maximum absolute atomic E-state index is 12.8. The molecule has 0 aromatic heterocycles. The van der Waals surface area contributed by atoms with Crippen LogP contribution < -0.4 is 14.2 Å². The maximum atomic E-state index is 12.8. The van der Waals surface area contributed by atoms with Crippen molar-refractivity contribution in [1.29, 1.82) is 0 Å². The fourth-order valence-corrected chi connectivity index (χ4v) is 6.41. The van der Waals surface area contributed by atoms with Crippen molar-refractivity contribution in [3.63, 3.8) is 0 Å². The first-order valence-corrected chi connectivity index (χ1v) is 18.0. The number of aliphatic carboxylic acids is 1. The van der Waals surface area contributed by atoms with Gasteiger partial charge in [-0.25, -0.2) is 4.79 Å². The lowest BCUT2D eigenvalue weighted by molar-refractivity contribution is -0.152. The fourth-order valence-electron chi connectivity index (χ4n) is 5.53. The van der Waals surface area contributed by atoms with Crippen LogP contribution in [0.25, 0.3) is 0 Å². The smallest absolute Gasteiger partial charge is 0.347 e. The Labute approximate surface area is 302 Å². The highest BCUT2D eigenvalue weighted by Crippen LogP contribution is 2.42. The second kappa shape index (κ2) is 15.7. The minimum atomic E-state index is -4.02. The summed E-state index contributed by atoms with van der Waals surface area (Å²) in [4.78, 5) is 27.8. The largest absolute Gasteiger partial charge is 0.490 e. The summed E-state index contributed by atoms with van der Waals surface area (Å²) in [6, 6.07) is 14.5. The van der Waals surface area contributed by atoms with Gasteiger partial charge in [-0.1, -0.05) is 40.9 Å². The van der Waals surface area contributed by atoms with E-state index in [1.54, 1.807) is 26.2 Å². The number of fused-ring (bicyclic) bond motifs is 1. The lowest BCUT2D eigenvalue weighted by Gasteiger charge is -2.39. The molecule has 0 aliphatic carbocycles. The summed E-state index contributed by atoms with van der Waals surface area (Å²) in [5.74, 6) is -0.442. The monoisotopic (exact) mass is 752 g/mol. The molecule has 1 fully saturated rings. The molecule has 5 rings (SSSR count). The van der Waals surface area contributed by atoms with Crippen LogP contribution in [0.15, 0.2) is 59.5 Å². The van der Waals surface area contributed by atoms with Crippen LogP contribution in [0.4, 0.5) is 0 Å². The van der Waals surface area contributed by atoms with Crippen LogP contribution >= 0.6 is 23.2 Å². The molecule has 1 spiro atoms. The van der Waals surface area contributed by atoms with E-state index in [2.05, 4.69) is 4.90 Å². The van der Waals surface area contributed by atoms with Gasteiger partial charge in [0.15, 0.2) is 5.60 Å². The number of carbonyl (C=O) groups excluding carboxylic acids is 1. The number of hydrogen-bond donors (Lipinski definition) is 3. The van der Waals surface area contributed by atoms with Crippen molar-refractivity contribution in [2.75, 3.05) is 40.3 Å². The Bertz CT molecular complexity index is 1810. The van der Waals surface area contributed by atoms with Gasteiger partial charge in [-0.3, -0.25) is 9.35 Å². The predicted octanol–water partition coefficient (Wildman–Crippen LogP) is 5.39. The molecule has 3 aromatic rings. The van der Waals surface area contributed by atoms with Crippen LogP contribution in [0, 0.1) is 6.92 Å². The van der Waals surface area contributed by atoms with Crippen molar-refractivity contribution in [2.45, 2.75) is 62.2 Å².